The number of aromatic amines is 1. The molecule has 1 heterocycles. The van der Waals surface area contributed by atoms with E-state index >= 15 is 0 Å². The van der Waals surface area contributed by atoms with Crippen LogP contribution in [0, 0.1) is 5.41 Å². The quantitative estimate of drug-likeness (QED) is 0.711. The van der Waals surface area contributed by atoms with Crippen LogP contribution in [0.1, 0.15) is 27.2 Å². The lowest BCUT2D eigenvalue weighted by molar-refractivity contribution is 0.344. The van der Waals surface area contributed by atoms with Gasteiger partial charge in [-0.25, -0.2) is 4.98 Å². The Labute approximate surface area is 95.5 Å². The van der Waals surface area contributed by atoms with E-state index in [9.17, 15) is 4.79 Å². The maximum atomic E-state index is 11.3. The second kappa shape index (κ2) is 5.12. The summed E-state index contributed by atoms with van der Waals surface area (Å²) >= 11 is 0. The molecule has 0 aliphatic carbocycles. The van der Waals surface area contributed by atoms with Crippen molar-refractivity contribution < 1.29 is 0 Å². The molecule has 1 aromatic rings. The number of nitrogens with two attached hydrogens (primary N) is 1. The fourth-order valence-corrected chi connectivity index (χ4v) is 1.56. The van der Waals surface area contributed by atoms with Gasteiger partial charge in [0.2, 0.25) is 0 Å². The maximum Gasteiger partial charge on any atom is 0.290 e. The second-order valence-electron chi connectivity index (χ2n) is 5.17. The Kier molecular flexibility index (Phi) is 4.06. The third kappa shape index (κ3) is 4.44. The summed E-state index contributed by atoms with van der Waals surface area (Å²) in [5.74, 6) is 0.326. The van der Waals surface area contributed by atoms with E-state index in [1.807, 2.05) is 0 Å². The molecule has 1 atom stereocenters. The minimum absolute atomic E-state index is 0.0152. The molecule has 0 fully saturated rings. The summed E-state index contributed by atoms with van der Waals surface area (Å²) in [6.07, 6.45) is 3.94. The lowest BCUT2D eigenvalue weighted by Gasteiger charge is -2.23. The Hall–Kier alpha value is -1.36. The van der Waals surface area contributed by atoms with Crippen molar-refractivity contribution in [3.05, 3.63) is 22.7 Å². The number of rotatable bonds is 4. The summed E-state index contributed by atoms with van der Waals surface area (Å²) in [5.41, 5.74) is 5.93. The van der Waals surface area contributed by atoms with Gasteiger partial charge in [0, 0.05) is 25.0 Å². The Morgan fingerprint density at radius 2 is 2.25 bits per heavy atom. The van der Waals surface area contributed by atoms with Crippen molar-refractivity contribution >= 4 is 5.82 Å². The van der Waals surface area contributed by atoms with Gasteiger partial charge in [0.05, 0.1) is 0 Å². The molecule has 0 amide bonds. The standard InChI is InChI=1S/C11H20N4O/c1-11(2,3)6-8(12)7-15-9-10(16)14-5-4-13-9/h4-5,8H,6-7,12H2,1-3H3,(H,13,15)(H,14,16). The summed E-state index contributed by atoms with van der Waals surface area (Å²) in [6, 6.07) is 0.0152. The molecule has 0 saturated heterocycles. The van der Waals surface area contributed by atoms with Crippen LogP contribution in [0.15, 0.2) is 17.2 Å². The third-order valence-electron chi connectivity index (χ3n) is 2.11. The lowest BCUT2D eigenvalue weighted by atomic mass is 9.88. The minimum atomic E-state index is -0.217. The molecule has 0 aliphatic heterocycles. The van der Waals surface area contributed by atoms with E-state index in [2.05, 4.69) is 36.1 Å². The molecule has 1 rings (SSSR count). The Balaban J connectivity index is 2.47. The summed E-state index contributed by atoms with van der Waals surface area (Å²) in [6.45, 7) is 6.97. The van der Waals surface area contributed by atoms with Gasteiger partial charge >= 0.3 is 0 Å². The number of hydrogen-bond donors (Lipinski definition) is 3. The molecule has 5 heteroatoms. The highest BCUT2D eigenvalue weighted by molar-refractivity contribution is 5.30. The van der Waals surface area contributed by atoms with Gasteiger partial charge in [-0.05, 0) is 11.8 Å². The molecule has 0 radical (unpaired) electrons. The predicted octanol–water partition coefficient (Wildman–Crippen LogP) is 0.945. The molecule has 0 spiro atoms. The molecule has 0 aromatic carbocycles. The summed E-state index contributed by atoms with van der Waals surface area (Å²) < 4.78 is 0. The van der Waals surface area contributed by atoms with Crippen molar-refractivity contribution in [2.24, 2.45) is 11.1 Å². The number of hydrogen-bond acceptors (Lipinski definition) is 4. The molecule has 16 heavy (non-hydrogen) atoms. The van der Waals surface area contributed by atoms with Crippen molar-refractivity contribution in [1.82, 2.24) is 9.97 Å². The van der Waals surface area contributed by atoms with Gasteiger partial charge in [0.1, 0.15) is 0 Å². The average Bonchev–Trinajstić information content (AvgIpc) is 2.14. The number of H-pyrrole nitrogens is 1. The van der Waals surface area contributed by atoms with Crippen molar-refractivity contribution in [1.29, 1.82) is 0 Å². The highest BCUT2D eigenvalue weighted by Gasteiger charge is 2.15. The average molecular weight is 224 g/mol. The first-order valence-electron chi connectivity index (χ1n) is 5.41. The first-order chi connectivity index (χ1) is 7.38. The van der Waals surface area contributed by atoms with Crippen LogP contribution in [-0.2, 0) is 0 Å². The molecule has 0 saturated carbocycles. The number of aromatic nitrogens is 2. The smallest absolute Gasteiger partial charge is 0.290 e. The van der Waals surface area contributed by atoms with E-state index in [0.717, 1.165) is 6.42 Å². The van der Waals surface area contributed by atoms with E-state index in [4.69, 9.17) is 5.73 Å². The third-order valence-corrected chi connectivity index (χ3v) is 2.11. The molecule has 90 valence electrons. The number of nitrogens with zero attached hydrogens (tertiary/aromatic N) is 1. The number of anilines is 1. The second-order valence-corrected chi connectivity index (χ2v) is 5.17. The van der Waals surface area contributed by atoms with Gasteiger partial charge in [0.25, 0.3) is 5.56 Å². The first kappa shape index (κ1) is 12.7. The van der Waals surface area contributed by atoms with E-state index in [1.165, 1.54) is 6.20 Å². The van der Waals surface area contributed by atoms with Crippen LogP contribution in [0.5, 0.6) is 0 Å². The van der Waals surface area contributed by atoms with Crippen LogP contribution in [0.3, 0.4) is 0 Å². The van der Waals surface area contributed by atoms with Gasteiger partial charge in [-0.15, -0.1) is 0 Å². The normalized spacial score (nSPS) is 13.5. The molecule has 0 aliphatic rings. The van der Waals surface area contributed by atoms with E-state index in [0.29, 0.717) is 12.4 Å². The Bertz CT molecular complexity index is 380. The molecular formula is C11H20N4O. The van der Waals surface area contributed by atoms with Gasteiger partial charge in [0.15, 0.2) is 5.82 Å². The topological polar surface area (TPSA) is 83.8 Å². The van der Waals surface area contributed by atoms with Crippen LogP contribution >= 0.6 is 0 Å². The first-order valence-corrected chi connectivity index (χ1v) is 5.41. The van der Waals surface area contributed by atoms with Crippen LogP contribution in [-0.4, -0.2) is 22.6 Å². The van der Waals surface area contributed by atoms with Crippen molar-refractivity contribution in [3.8, 4) is 0 Å². The largest absolute Gasteiger partial charge is 0.364 e. The van der Waals surface area contributed by atoms with Crippen LogP contribution in [0.25, 0.3) is 0 Å². The summed E-state index contributed by atoms with van der Waals surface area (Å²) in [7, 11) is 0. The fraction of sp³-hybridized carbons (Fsp3) is 0.636. The molecule has 1 aromatic heterocycles. The molecule has 4 N–H and O–H groups in total. The van der Waals surface area contributed by atoms with Crippen molar-refractivity contribution in [2.45, 2.75) is 33.2 Å². The van der Waals surface area contributed by atoms with Gasteiger partial charge < -0.3 is 16.0 Å². The summed E-state index contributed by atoms with van der Waals surface area (Å²) in [4.78, 5) is 17.8. The van der Waals surface area contributed by atoms with E-state index in [-0.39, 0.29) is 17.0 Å². The van der Waals surface area contributed by atoms with Crippen molar-refractivity contribution in [2.75, 3.05) is 11.9 Å². The van der Waals surface area contributed by atoms with Gasteiger partial charge in [-0.3, -0.25) is 4.79 Å². The molecular weight excluding hydrogens is 204 g/mol. The van der Waals surface area contributed by atoms with Crippen LogP contribution in [0.4, 0.5) is 5.82 Å². The van der Waals surface area contributed by atoms with E-state index in [1.54, 1.807) is 6.20 Å². The van der Waals surface area contributed by atoms with Gasteiger partial charge in [-0.1, -0.05) is 20.8 Å². The van der Waals surface area contributed by atoms with E-state index < -0.39 is 0 Å². The number of nitrogens with one attached hydrogen (secondary N) is 2. The zero-order chi connectivity index (χ0) is 12.2. The summed E-state index contributed by atoms with van der Waals surface area (Å²) in [5, 5.41) is 2.96. The highest BCUT2D eigenvalue weighted by atomic mass is 16.1. The minimum Gasteiger partial charge on any atom is -0.364 e. The maximum absolute atomic E-state index is 11.3. The predicted molar refractivity (Wildman–Crippen MR) is 65.4 cm³/mol. The zero-order valence-electron chi connectivity index (χ0n) is 10.1. The SMILES string of the molecule is CC(C)(C)CC(N)CNc1ncc[nH]c1=O. The highest BCUT2D eigenvalue weighted by Crippen LogP contribution is 2.19. The lowest BCUT2D eigenvalue weighted by Crippen LogP contribution is -2.34. The monoisotopic (exact) mass is 224 g/mol. The van der Waals surface area contributed by atoms with Crippen LogP contribution in [0.2, 0.25) is 0 Å². The Morgan fingerprint density at radius 3 is 2.81 bits per heavy atom. The molecule has 1 unspecified atom stereocenters. The fourth-order valence-electron chi connectivity index (χ4n) is 1.56. The van der Waals surface area contributed by atoms with Crippen LogP contribution < -0.4 is 16.6 Å². The molecule has 5 nitrogen and oxygen atoms in total. The van der Waals surface area contributed by atoms with Gasteiger partial charge in [-0.2, -0.15) is 0 Å². The zero-order valence-corrected chi connectivity index (χ0v) is 10.1. The van der Waals surface area contributed by atoms with Crippen molar-refractivity contribution in [3.63, 3.8) is 0 Å². The molecule has 0 bridgehead atoms. The Morgan fingerprint density at radius 1 is 1.56 bits per heavy atom.